The molecule has 0 atom stereocenters. The predicted octanol–water partition coefficient (Wildman–Crippen LogP) is 1.29. The van der Waals surface area contributed by atoms with Crippen LogP contribution in [0.4, 0.5) is 4.39 Å². The van der Waals surface area contributed by atoms with Crippen molar-refractivity contribution >= 4 is 11.8 Å². The van der Waals surface area contributed by atoms with Crippen LogP contribution in [0, 0.1) is 17.1 Å². The van der Waals surface area contributed by atoms with Crippen molar-refractivity contribution in [3.8, 4) is 6.07 Å². The lowest BCUT2D eigenvalue weighted by molar-refractivity contribution is -0.121. The van der Waals surface area contributed by atoms with Gasteiger partial charge in [-0.1, -0.05) is 18.2 Å². The van der Waals surface area contributed by atoms with Gasteiger partial charge in [0.2, 0.25) is 11.8 Å². The first kappa shape index (κ1) is 16.6. The number of nitriles is 1. The highest BCUT2D eigenvalue weighted by molar-refractivity contribution is 5.78. The van der Waals surface area contributed by atoms with Gasteiger partial charge in [-0.3, -0.25) is 9.59 Å². The van der Waals surface area contributed by atoms with Gasteiger partial charge < -0.3 is 10.6 Å². The number of aryl methyl sites for hydroxylation is 1. The Morgan fingerprint density at radius 2 is 1.81 bits per heavy atom. The molecule has 0 spiro atoms. The number of benzene rings is 1. The van der Waals surface area contributed by atoms with Crippen molar-refractivity contribution in [2.75, 3.05) is 13.1 Å². The summed E-state index contributed by atoms with van der Waals surface area (Å²) in [6.45, 7) is 0.844. The fraction of sp³-hybridized carbons (Fsp3) is 0.400. The second kappa shape index (κ2) is 9.48. The van der Waals surface area contributed by atoms with Crippen molar-refractivity contribution in [3.05, 3.63) is 35.6 Å². The number of hydrogen-bond donors (Lipinski definition) is 2. The molecule has 1 aromatic rings. The Labute approximate surface area is 123 Å². The molecule has 0 saturated heterocycles. The summed E-state index contributed by atoms with van der Waals surface area (Å²) in [7, 11) is 0. The zero-order valence-corrected chi connectivity index (χ0v) is 11.7. The average molecular weight is 291 g/mol. The first-order chi connectivity index (χ1) is 10.1. The Morgan fingerprint density at radius 3 is 2.48 bits per heavy atom. The summed E-state index contributed by atoms with van der Waals surface area (Å²) < 4.78 is 13.3. The molecular weight excluding hydrogens is 273 g/mol. The average Bonchev–Trinajstić information content (AvgIpc) is 2.46. The maximum atomic E-state index is 13.3. The third-order valence-electron chi connectivity index (χ3n) is 2.82. The van der Waals surface area contributed by atoms with E-state index in [1.165, 1.54) is 6.07 Å². The molecule has 5 nitrogen and oxygen atoms in total. The van der Waals surface area contributed by atoms with Crippen LogP contribution in [-0.2, 0) is 16.0 Å². The van der Waals surface area contributed by atoms with Gasteiger partial charge in [0.1, 0.15) is 12.2 Å². The standard InChI is InChI=1S/C15H18FN3O2/c16-13-5-2-1-4-12(13)6-7-14(20)18-10-3-11-19-15(21)8-9-17/h1-2,4-5H,3,6-8,10-11H2,(H,18,20)(H,19,21). The van der Waals surface area contributed by atoms with Crippen LogP contribution >= 0.6 is 0 Å². The molecule has 0 radical (unpaired) electrons. The van der Waals surface area contributed by atoms with Gasteiger partial charge in [-0.2, -0.15) is 5.26 Å². The number of carbonyl (C=O) groups excluding carboxylic acids is 2. The van der Waals surface area contributed by atoms with E-state index in [0.29, 0.717) is 31.5 Å². The highest BCUT2D eigenvalue weighted by atomic mass is 19.1. The Bertz CT molecular complexity index is 526. The zero-order valence-electron chi connectivity index (χ0n) is 11.7. The van der Waals surface area contributed by atoms with Crippen LogP contribution in [0.2, 0.25) is 0 Å². The van der Waals surface area contributed by atoms with Crippen LogP contribution in [-0.4, -0.2) is 24.9 Å². The molecule has 21 heavy (non-hydrogen) atoms. The highest BCUT2D eigenvalue weighted by Crippen LogP contribution is 2.08. The van der Waals surface area contributed by atoms with Crippen molar-refractivity contribution < 1.29 is 14.0 Å². The van der Waals surface area contributed by atoms with E-state index in [0.717, 1.165) is 0 Å². The Balaban J connectivity index is 2.11. The van der Waals surface area contributed by atoms with Crippen LogP contribution in [0.25, 0.3) is 0 Å². The molecule has 0 saturated carbocycles. The topological polar surface area (TPSA) is 82.0 Å². The van der Waals surface area contributed by atoms with E-state index in [9.17, 15) is 14.0 Å². The third kappa shape index (κ3) is 7.06. The number of carbonyl (C=O) groups is 2. The van der Waals surface area contributed by atoms with Crippen LogP contribution in [0.3, 0.4) is 0 Å². The molecule has 0 aliphatic rings. The van der Waals surface area contributed by atoms with Crippen LogP contribution in [0.1, 0.15) is 24.8 Å². The van der Waals surface area contributed by atoms with Crippen LogP contribution in [0.15, 0.2) is 24.3 Å². The predicted molar refractivity (Wildman–Crippen MR) is 75.6 cm³/mol. The molecule has 1 rings (SSSR count). The number of rotatable bonds is 8. The third-order valence-corrected chi connectivity index (χ3v) is 2.82. The Kier molecular flexibility index (Phi) is 7.51. The maximum Gasteiger partial charge on any atom is 0.234 e. The molecule has 0 bridgehead atoms. The molecule has 0 fully saturated rings. The van der Waals surface area contributed by atoms with Gasteiger partial charge in [-0.25, -0.2) is 4.39 Å². The molecule has 1 aromatic carbocycles. The van der Waals surface area contributed by atoms with Gasteiger partial charge in [-0.15, -0.1) is 0 Å². The highest BCUT2D eigenvalue weighted by Gasteiger charge is 2.05. The van der Waals surface area contributed by atoms with E-state index in [-0.39, 0.29) is 30.5 Å². The van der Waals surface area contributed by atoms with Crippen molar-refractivity contribution in [2.45, 2.75) is 25.7 Å². The first-order valence-electron chi connectivity index (χ1n) is 6.77. The number of nitrogens with one attached hydrogen (secondary N) is 2. The maximum absolute atomic E-state index is 13.3. The minimum atomic E-state index is -0.316. The molecule has 2 amide bonds. The van der Waals surface area contributed by atoms with Gasteiger partial charge in [0.15, 0.2) is 0 Å². The van der Waals surface area contributed by atoms with Gasteiger partial charge in [0.05, 0.1) is 6.07 Å². The molecule has 0 heterocycles. The zero-order chi connectivity index (χ0) is 15.5. The normalized spacial score (nSPS) is 9.71. The molecule has 6 heteroatoms. The molecule has 112 valence electrons. The number of halogens is 1. The quantitative estimate of drug-likeness (QED) is 0.708. The fourth-order valence-corrected chi connectivity index (χ4v) is 1.72. The molecule has 0 unspecified atom stereocenters. The van der Waals surface area contributed by atoms with Crippen molar-refractivity contribution in [1.29, 1.82) is 5.26 Å². The summed E-state index contributed by atoms with van der Waals surface area (Å²) in [5.74, 6) is -0.768. The van der Waals surface area contributed by atoms with E-state index in [2.05, 4.69) is 10.6 Å². The van der Waals surface area contributed by atoms with Gasteiger partial charge >= 0.3 is 0 Å². The SMILES string of the molecule is N#CCC(=O)NCCCNC(=O)CCc1ccccc1F. The lowest BCUT2D eigenvalue weighted by Crippen LogP contribution is -2.29. The lowest BCUT2D eigenvalue weighted by atomic mass is 10.1. The van der Waals surface area contributed by atoms with E-state index in [1.54, 1.807) is 24.3 Å². The number of amides is 2. The molecule has 0 aliphatic heterocycles. The van der Waals surface area contributed by atoms with Crippen molar-refractivity contribution in [2.24, 2.45) is 0 Å². The molecule has 0 aliphatic carbocycles. The first-order valence-corrected chi connectivity index (χ1v) is 6.77. The van der Waals surface area contributed by atoms with Gasteiger partial charge in [-0.05, 0) is 24.5 Å². The lowest BCUT2D eigenvalue weighted by Gasteiger charge is -2.06. The summed E-state index contributed by atoms with van der Waals surface area (Å²) in [4.78, 5) is 22.5. The van der Waals surface area contributed by atoms with Crippen LogP contribution in [0.5, 0.6) is 0 Å². The molecular formula is C15H18FN3O2. The Hall–Kier alpha value is -2.42. The van der Waals surface area contributed by atoms with E-state index in [4.69, 9.17) is 5.26 Å². The largest absolute Gasteiger partial charge is 0.356 e. The van der Waals surface area contributed by atoms with Crippen molar-refractivity contribution in [3.63, 3.8) is 0 Å². The van der Waals surface area contributed by atoms with Gasteiger partial charge in [0.25, 0.3) is 0 Å². The number of nitrogens with zero attached hydrogens (tertiary/aromatic N) is 1. The minimum absolute atomic E-state index is 0.151. The van der Waals surface area contributed by atoms with E-state index >= 15 is 0 Å². The summed E-state index contributed by atoms with van der Waals surface area (Å²) in [5, 5.41) is 13.6. The van der Waals surface area contributed by atoms with Gasteiger partial charge in [0, 0.05) is 19.5 Å². The summed E-state index contributed by atoms with van der Waals surface area (Å²) in [6.07, 6.45) is 1.01. The smallest absolute Gasteiger partial charge is 0.234 e. The minimum Gasteiger partial charge on any atom is -0.356 e. The second-order valence-corrected chi connectivity index (χ2v) is 4.48. The Morgan fingerprint density at radius 1 is 1.14 bits per heavy atom. The van der Waals surface area contributed by atoms with Crippen molar-refractivity contribution in [1.82, 2.24) is 10.6 Å². The van der Waals surface area contributed by atoms with E-state index < -0.39 is 0 Å². The second-order valence-electron chi connectivity index (χ2n) is 4.48. The fourth-order valence-electron chi connectivity index (χ4n) is 1.72. The molecule has 2 N–H and O–H groups in total. The van der Waals surface area contributed by atoms with Crippen LogP contribution < -0.4 is 10.6 Å². The number of hydrogen-bond acceptors (Lipinski definition) is 3. The molecule has 0 aromatic heterocycles. The monoisotopic (exact) mass is 291 g/mol. The summed E-state index contributed by atoms with van der Waals surface area (Å²) in [6, 6.07) is 8.13. The summed E-state index contributed by atoms with van der Waals surface area (Å²) in [5.41, 5.74) is 0.524. The summed E-state index contributed by atoms with van der Waals surface area (Å²) >= 11 is 0. The van der Waals surface area contributed by atoms with E-state index in [1.807, 2.05) is 0 Å².